The minimum atomic E-state index is -0.445. The molecular weight excluding hydrogens is 404 g/mol. The van der Waals surface area contributed by atoms with Crippen LogP contribution in [0.5, 0.6) is 11.5 Å². The largest absolute Gasteiger partial charge is 0.494 e. The molecule has 164 valence electrons. The molecule has 0 radical (unpaired) electrons. The van der Waals surface area contributed by atoms with Gasteiger partial charge in [-0.05, 0) is 66.1 Å². The summed E-state index contributed by atoms with van der Waals surface area (Å²) in [4.78, 5) is 24.2. The van der Waals surface area contributed by atoms with Gasteiger partial charge >= 0.3 is 5.97 Å². The van der Waals surface area contributed by atoms with Crippen LogP contribution in [0.25, 0.3) is 0 Å². The van der Waals surface area contributed by atoms with Gasteiger partial charge in [-0.3, -0.25) is 4.79 Å². The smallest absolute Gasteiger partial charge is 0.343 e. The van der Waals surface area contributed by atoms with Gasteiger partial charge in [-0.25, -0.2) is 10.2 Å². The van der Waals surface area contributed by atoms with Crippen LogP contribution in [-0.2, 0) is 11.2 Å². The van der Waals surface area contributed by atoms with Gasteiger partial charge in [0.1, 0.15) is 11.5 Å². The summed E-state index contributed by atoms with van der Waals surface area (Å²) in [6.45, 7) is 2.76. The lowest BCUT2D eigenvalue weighted by atomic mass is 10.1. The van der Waals surface area contributed by atoms with Gasteiger partial charge in [0.05, 0.1) is 24.8 Å². The lowest BCUT2D eigenvalue weighted by Crippen LogP contribution is -2.19. The third-order valence-electron chi connectivity index (χ3n) is 4.56. The van der Waals surface area contributed by atoms with E-state index in [-0.39, 0.29) is 12.3 Å². The molecule has 0 unspecified atom stereocenters. The lowest BCUT2D eigenvalue weighted by Gasteiger charge is -2.07. The maximum absolute atomic E-state index is 12.3. The van der Waals surface area contributed by atoms with Gasteiger partial charge in [0.25, 0.3) is 0 Å². The zero-order chi connectivity index (χ0) is 22.6. The first-order valence-electron chi connectivity index (χ1n) is 10.5. The molecule has 0 saturated heterocycles. The Morgan fingerprint density at radius 1 is 0.906 bits per heavy atom. The van der Waals surface area contributed by atoms with Gasteiger partial charge in [0.2, 0.25) is 5.91 Å². The van der Waals surface area contributed by atoms with Gasteiger partial charge in [0, 0.05) is 0 Å². The van der Waals surface area contributed by atoms with Crippen molar-refractivity contribution in [3.63, 3.8) is 0 Å². The van der Waals surface area contributed by atoms with Crippen LogP contribution in [0.3, 0.4) is 0 Å². The second-order valence-electron chi connectivity index (χ2n) is 7.14. The number of carbonyl (C=O) groups is 2. The van der Waals surface area contributed by atoms with Crippen LogP contribution in [0.1, 0.15) is 41.3 Å². The molecule has 3 aromatic rings. The molecule has 1 N–H and O–H groups in total. The van der Waals surface area contributed by atoms with Crippen LogP contribution < -0.4 is 14.9 Å². The van der Waals surface area contributed by atoms with Crippen molar-refractivity contribution in [2.24, 2.45) is 5.10 Å². The number of nitrogens with one attached hydrogen (secondary N) is 1. The van der Waals surface area contributed by atoms with Crippen molar-refractivity contribution in [1.29, 1.82) is 0 Å². The first-order chi connectivity index (χ1) is 15.6. The van der Waals surface area contributed by atoms with E-state index in [0.717, 1.165) is 29.7 Å². The molecule has 6 nitrogen and oxygen atoms in total. The summed E-state index contributed by atoms with van der Waals surface area (Å²) in [5, 5.41) is 3.97. The quantitative estimate of drug-likeness (QED) is 0.165. The number of rotatable bonds is 10. The predicted molar refractivity (Wildman–Crippen MR) is 124 cm³/mol. The molecule has 3 rings (SSSR count). The van der Waals surface area contributed by atoms with E-state index in [1.807, 2.05) is 30.3 Å². The number of hydrogen-bond donors (Lipinski definition) is 1. The molecule has 0 spiro atoms. The minimum Gasteiger partial charge on any atom is -0.494 e. The van der Waals surface area contributed by atoms with Crippen molar-refractivity contribution in [3.05, 3.63) is 95.6 Å². The van der Waals surface area contributed by atoms with Crippen molar-refractivity contribution >= 4 is 18.1 Å². The Balaban J connectivity index is 1.47. The molecule has 0 aliphatic carbocycles. The molecule has 0 saturated carbocycles. The summed E-state index contributed by atoms with van der Waals surface area (Å²) in [7, 11) is 0. The van der Waals surface area contributed by atoms with E-state index >= 15 is 0 Å². The third-order valence-corrected chi connectivity index (χ3v) is 4.56. The highest BCUT2D eigenvalue weighted by molar-refractivity contribution is 5.91. The molecule has 3 aromatic carbocycles. The van der Waals surface area contributed by atoms with Gasteiger partial charge in [-0.2, -0.15) is 5.10 Å². The summed E-state index contributed by atoms with van der Waals surface area (Å²) in [5.74, 6) is 0.512. The molecule has 32 heavy (non-hydrogen) atoms. The van der Waals surface area contributed by atoms with Crippen LogP contribution in [-0.4, -0.2) is 24.7 Å². The van der Waals surface area contributed by atoms with E-state index in [4.69, 9.17) is 9.47 Å². The first-order valence-corrected chi connectivity index (χ1v) is 10.5. The fraction of sp³-hybridized carbons (Fsp3) is 0.192. The van der Waals surface area contributed by atoms with E-state index in [1.54, 1.807) is 48.5 Å². The van der Waals surface area contributed by atoms with E-state index < -0.39 is 5.97 Å². The Morgan fingerprint density at radius 2 is 1.59 bits per heavy atom. The Bertz CT molecular complexity index is 1030. The van der Waals surface area contributed by atoms with Gasteiger partial charge < -0.3 is 9.47 Å². The Hall–Kier alpha value is -3.93. The van der Waals surface area contributed by atoms with Crippen molar-refractivity contribution in [1.82, 2.24) is 5.43 Å². The van der Waals surface area contributed by atoms with Crippen LogP contribution in [0.2, 0.25) is 0 Å². The standard InChI is InChI=1S/C26H26N2O4/c1-2-3-17-31-23-15-11-22(12-16-23)26(30)32-24-13-9-21(10-14-24)19-27-28-25(29)18-20-7-5-4-6-8-20/h4-16,19H,2-3,17-18H2,1H3,(H,28,29)/b27-19-. The van der Waals surface area contributed by atoms with Gasteiger partial charge in [-0.1, -0.05) is 43.7 Å². The summed E-state index contributed by atoms with van der Waals surface area (Å²) in [5.41, 5.74) is 4.63. The normalized spacial score (nSPS) is 10.7. The number of benzene rings is 3. The SMILES string of the molecule is CCCCOc1ccc(C(=O)Oc2ccc(/C=N\NC(=O)Cc3ccccc3)cc2)cc1. The number of nitrogens with zero attached hydrogens (tertiary/aromatic N) is 1. The second kappa shape index (κ2) is 12.1. The summed E-state index contributed by atoms with van der Waals surface area (Å²) in [6.07, 6.45) is 3.85. The maximum Gasteiger partial charge on any atom is 0.343 e. The highest BCUT2D eigenvalue weighted by Gasteiger charge is 2.09. The number of ether oxygens (including phenoxy) is 2. The number of amides is 1. The van der Waals surface area contributed by atoms with Crippen LogP contribution in [0.15, 0.2) is 84.0 Å². The molecular formula is C26H26N2O4. The maximum atomic E-state index is 12.3. The number of esters is 1. The Kier molecular flexibility index (Phi) is 8.57. The number of unbranched alkanes of at least 4 members (excludes halogenated alkanes) is 1. The van der Waals surface area contributed by atoms with Gasteiger partial charge in [0.15, 0.2) is 0 Å². The lowest BCUT2D eigenvalue weighted by molar-refractivity contribution is -0.120. The molecule has 0 aliphatic rings. The zero-order valence-electron chi connectivity index (χ0n) is 18.0. The highest BCUT2D eigenvalue weighted by atomic mass is 16.5. The van der Waals surface area contributed by atoms with E-state index in [1.165, 1.54) is 6.21 Å². The molecule has 1 amide bonds. The average Bonchev–Trinajstić information content (AvgIpc) is 2.81. The molecule has 0 fully saturated rings. The number of hydrogen-bond acceptors (Lipinski definition) is 5. The molecule has 0 heterocycles. The fourth-order valence-corrected chi connectivity index (χ4v) is 2.81. The van der Waals surface area contributed by atoms with Crippen LogP contribution in [0, 0.1) is 0 Å². The molecule has 0 atom stereocenters. The molecule has 0 aliphatic heterocycles. The number of carbonyl (C=O) groups excluding carboxylic acids is 2. The monoisotopic (exact) mass is 430 g/mol. The van der Waals surface area contributed by atoms with Crippen molar-refractivity contribution in [3.8, 4) is 11.5 Å². The molecule has 0 aromatic heterocycles. The average molecular weight is 431 g/mol. The van der Waals surface area contributed by atoms with Crippen LogP contribution >= 0.6 is 0 Å². The minimum absolute atomic E-state index is 0.195. The predicted octanol–water partition coefficient (Wildman–Crippen LogP) is 4.78. The third kappa shape index (κ3) is 7.40. The summed E-state index contributed by atoms with van der Waals surface area (Å²) < 4.78 is 11.0. The van der Waals surface area contributed by atoms with E-state index in [9.17, 15) is 9.59 Å². The molecule has 0 bridgehead atoms. The van der Waals surface area contributed by atoms with Crippen molar-refractivity contribution in [2.45, 2.75) is 26.2 Å². The zero-order valence-corrected chi connectivity index (χ0v) is 18.0. The van der Waals surface area contributed by atoms with E-state index in [2.05, 4.69) is 17.5 Å². The van der Waals surface area contributed by atoms with Gasteiger partial charge in [-0.15, -0.1) is 0 Å². The molecule has 6 heteroatoms. The topological polar surface area (TPSA) is 77.0 Å². The Labute approximate surface area is 187 Å². The number of hydrazone groups is 1. The van der Waals surface area contributed by atoms with E-state index in [0.29, 0.717) is 17.9 Å². The fourth-order valence-electron chi connectivity index (χ4n) is 2.81. The first kappa shape index (κ1) is 22.7. The van der Waals surface area contributed by atoms with Crippen LogP contribution in [0.4, 0.5) is 0 Å². The highest BCUT2D eigenvalue weighted by Crippen LogP contribution is 2.16. The second-order valence-corrected chi connectivity index (χ2v) is 7.14. The van der Waals surface area contributed by atoms with Crippen molar-refractivity contribution < 1.29 is 19.1 Å². The van der Waals surface area contributed by atoms with Crippen molar-refractivity contribution in [2.75, 3.05) is 6.61 Å². The summed E-state index contributed by atoms with van der Waals surface area (Å²) >= 11 is 0. The summed E-state index contributed by atoms with van der Waals surface area (Å²) in [6, 6.07) is 23.2. The Morgan fingerprint density at radius 3 is 2.28 bits per heavy atom.